The molecule has 21 heavy (non-hydrogen) atoms. The summed E-state index contributed by atoms with van der Waals surface area (Å²) in [5, 5.41) is 0. The Morgan fingerprint density at radius 1 is 1.05 bits per heavy atom. The number of benzene rings is 2. The Hall–Kier alpha value is -1.82. The van der Waals surface area contributed by atoms with Gasteiger partial charge in [-0.05, 0) is 60.1 Å². The standard InChI is InChI=1S/C21H22/c1-4-11-21-12-5-6-16-15(3)8-10-18(20(16)21)17-9-7-14(2)13-19(17)21/h5,7-10,12-13H,4,6,11H2,1-3H3. The number of rotatable bonds is 2. The van der Waals surface area contributed by atoms with E-state index in [0.29, 0.717) is 0 Å². The molecule has 2 aromatic rings. The molecular weight excluding hydrogens is 252 g/mol. The largest absolute Gasteiger partial charge is 0.0829 e. The van der Waals surface area contributed by atoms with Crippen molar-refractivity contribution in [2.24, 2.45) is 0 Å². The SMILES string of the molecule is CCCC12C=CCc3c(C)ccc(c31)-c1ccc(C)cc12. The Morgan fingerprint density at radius 3 is 2.67 bits per heavy atom. The number of hydrogen-bond donors (Lipinski definition) is 0. The molecule has 2 aromatic carbocycles. The minimum atomic E-state index is 0.130. The van der Waals surface area contributed by atoms with E-state index < -0.39 is 0 Å². The molecule has 0 aliphatic heterocycles. The average molecular weight is 274 g/mol. The summed E-state index contributed by atoms with van der Waals surface area (Å²) < 4.78 is 0. The third kappa shape index (κ3) is 1.56. The van der Waals surface area contributed by atoms with Gasteiger partial charge < -0.3 is 0 Å². The molecule has 0 nitrogen and oxygen atoms in total. The summed E-state index contributed by atoms with van der Waals surface area (Å²) in [6, 6.07) is 11.7. The van der Waals surface area contributed by atoms with Crippen molar-refractivity contribution in [1.82, 2.24) is 0 Å². The van der Waals surface area contributed by atoms with Crippen LogP contribution in [-0.4, -0.2) is 0 Å². The molecule has 0 saturated heterocycles. The van der Waals surface area contributed by atoms with E-state index in [9.17, 15) is 0 Å². The summed E-state index contributed by atoms with van der Waals surface area (Å²) in [5.74, 6) is 0. The first kappa shape index (κ1) is 12.9. The van der Waals surface area contributed by atoms with Gasteiger partial charge in [0.25, 0.3) is 0 Å². The normalized spacial score (nSPS) is 21.3. The molecule has 0 radical (unpaired) electrons. The molecule has 0 fully saturated rings. The fourth-order valence-electron chi connectivity index (χ4n) is 4.43. The third-order valence-electron chi connectivity index (χ3n) is 5.31. The zero-order valence-corrected chi connectivity index (χ0v) is 13.2. The van der Waals surface area contributed by atoms with Gasteiger partial charge >= 0.3 is 0 Å². The topological polar surface area (TPSA) is 0 Å². The van der Waals surface area contributed by atoms with E-state index in [4.69, 9.17) is 0 Å². The first-order valence-corrected chi connectivity index (χ1v) is 8.09. The highest BCUT2D eigenvalue weighted by Crippen LogP contribution is 2.55. The molecule has 0 saturated carbocycles. The van der Waals surface area contributed by atoms with Crippen LogP contribution in [0.1, 0.15) is 47.6 Å². The smallest absolute Gasteiger partial charge is 0.0397 e. The van der Waals surface area contributed by atoms with Crippen molar-refractivity contribution >= 4 is 0 Å². The molecule has 0 aromatic heterocycles. The second kappa shape index (κ2) is 4.34. The van der Waals surface area contributed by atoms with Crippen LogP contribution in [0.25, 0.3) is 11.1 Å². The first-order chi connectivity index (χ1) is 10.2. The molecule has 0 amide bonds. The zero-order valence-electron chi connectivity index (χ0n) is 13.2. The maximum Gasteiger partial charge on any atom is 0.0397 e. The minimum absolute atomic E-state index is 0.130. The van der Waals surface area contributed by atoms with E-state index in [1.807, 2.05) is 0 Å². The first-order valence-electron chi connectivity index (χ1n) is 8.09. The molecule has 106 valence electrons. The van der Waals surface area contributed by atoms with Gasteiger partial charge in [-0.25, -0.2) is 0 Å². The summed E-state index contributed by atoms with van der Waals surface area (Å²) in [6.45, 7) is 6.78. The highest BCUT2D eigenvalue weighted by molar-refractivity contribution is 5.85. The third-order valence-corrected chi connectivity index (χ3v) is 5.31. The Kier molecular flexibility index (Phi) is 2.66. The average Bonchev–Trinajstić information content (AvgIpc) is 2.75. The molecule has 0 heterocycles. The monoisotopic (exact) mass is 274 g/mol. The summed E-state index contributed by atoms with van der Waals surface area (Å²) >= 11 is 0. The quantitative estimate of drug-likeness (QED) is 0.636. The van der Waals surface area contributed by atoms with Crippen LogP contribution in [0.4, 0.5) is 0 Å². The Labute approximate surface area is 127 Å². The number of fused-ring (bicyclic) bond motifs is 3. The van der Waals surface area contributed by atoms with Crippen molar-refractivity contribution in [3.8, 4) is 11.1 Å². The summed E-state index contributed by atoms with van der Waals surface area (Å²) in [4.78, 5) is 0. The van der Waals surface area contributed by atoms with Crippen LogP contribution in [0.3, 0.4) is 0 Å². The number of hydrogen-bond acceptors (Lipinski definition) is 0. The molecule has 2 aliphatic rings. The Balaban J connectivity index is 2.13. The second-order valence-corrected chi connectivity index (χ2v) is 6.66. The van der Waals surface area contributed by atoms with E-state index in [-0.39, 0.29) is 5.41 Å². The summed E-state index contributed by atoms with van der Waals surface area (Å²) in [5.41, 5.74) is 10.6. The van der Waals surface area contributed by atoms with Crippen LogP contribution >= 0.6 is 0 Å². The van der Waals surface area contributed by atoms with Crippen molar-refractivity contribution in [3.05, 3.63) is 70.3 Å². The van der Waals surface area contributed by atoms with Crippen molar-refractivity contribution in [3.63, 3.8) is 0 Å². The molecule has 1 atom stereocenters. The number of allylic oxidation sites excluding steroid dienone is 2. The second-order valence-electron chi connectivity index (χ2n) is 6.66. The van der Waals surface area contributed by atoms with Gasteiger partial charge in [0.2, 0.25) is 0 Å². The maximum atomic E-state index is 2.49. The van der Waals surface area contributed by atoms with Crippen molar-refractivity contribution < 1.29 is 0 Å². The van der Waals surface area contributed by atoms with Crippen LogP contribution < -0.4 is 0 Å². The fourth-order valence-corrected chi connectivity index (χ4v) is 4.43. The van der Waals surface area contributed by atoms with Gasteiger partial charge in [0.05, 0.1) is 0 Å². The van der Waals surface area contributed by atoms with Crippen molar-refractivity contribution in [2.45, 2.75) is 45.4 Å². The fraction of sp³-hybridized carbons (Fsp3) is 0.333. The van der Waals surface area contributed by atoms with E-state index >= 15 is 0 Å². The lowest BCUT2D eigenvalue weighted by atomic mass is 9.69. The molecule has 0 bridgehead atoms. The van der Waals surface area contributed by atoms with Crippen LogP contribution in [0.2, 0.25) is 0 Å². The molecule has 0 spiro atoms. The van der Waals surface area contributed by atoms with Gasteiger partial charge in [-0.15, -0.1) is 0 Å². The van der Waals surface area contributed by atoms with Crippen LogP contribution in [0, 0.1) is 13.8 Å². The van der Waals surface area contributed by atoms with Gasteiger partial charge in [-0.3, -0.25) is 0 Å². The lowest BCUT2D eigenvalue weighted by Gasteiger charge is -2.34. The van der Waals surface area contributed by atoms with Gasteiger partial charge in [-0.1, -0.05) is 61.4 Å². The van der Waals surface area contributed by atoms with E-state index in [1.165, 1.54) is 40.7 Å². The summed E-state index contributed by atoms with van der Waals surface area (Å²) in [7, 11) is 0. The van der Waals surface area contributed by atoms with Crippen LogP contribution in [0.15, 0.2) is 42.5 Å². The highest BCUT2D eigenvalue weighted by Gasteiger charge is 2.43. The van der Waals surface area contributed by atoms with Crippen LogP contribution in [-0.2, 0) is 11.8 Å². The lowest BCUT2D eigenvalue weighted by molar-refractivity contribution is 0.569. The predicted octanol–water partition coefficient (Wildman–Crippen LogP) is 5.48. The van der Waals surface area contributed by atoms with Gasteiger partial charge in [0.1, 0.15) is 0 Å². The molecule has 0 N–H and O–H groups in total. The summed E-state index contributed by atoms with van der Waals surface area (Å²) in [6.07, 6.45) is 8.40. The van der Waals surface area contributed by atoms with E-state index in [2.05, 4.69) is 63.3 Å². The predicted molar refractivity (Wildman–Crippen MR) is 89.9 cm³/mol. The molecule has 4 rings (SSSR count). The van der Waals surface area contributed by atoms with Crippen molar-refractivity contribution in [1.29, 1.82) is 0 Å². The maximum absolute atomic E-state index is 2.49. The Morgan fingerprint density at radius 2 is 1.86 bits per heavy atom. The molecule has 0 heteroatoms. The van der Waals surface area contributed by atoms with Crippen LogP contribution in [0.5, 0.6) is 0 Å². The van der Waals surface area contributed by atoms with Gasteiger partial charge in [-0.2, -0.15) is 0 Å². The van der Waals surface area contributed by atoms with E-state index in [0.717, 1.165) is 6.42 Å². The zero-order chi connectivity index (χ0) is 14.6. The number of aryl methyl sites for hydroxylation is 2. The molecule has 2 aliphatic carbocycles. The minimum Gasteiger partial charge on any atom is -0.0829 e. The lowest BCUT2D eigenvalue weighted by Crippen LogP contribution is -2.26. The van der Waals surface area contributed by atoms with E-state index in [1.54, 1.807) is 11.1 Å². The Bertz CT molecular complexity index is 764. The highest BCUT2D eigenvalue weighted by atomic mass is 14.5. The van der Waals surface area contributed by atoms with Gasteiger partial charge in [0.15, 0.2) is 0 Å². The van der Waals surface area contributed by atoms with Crippen molar-refractivity contribution in [2.75, 3.05) is 0 Å². The van der Waals surface area contributed by atoms with Gasteiger partial charge in [0, 0.05) is 5.41 Å². The molecular formula is C21H22. The molecule has 1 unspecified atom stereocenters.